The van der Waals surface area contributed by atoms with Crippen LogP contribution in [0, 0.1) is 0 Å². The highest BCUT2D eigenvalue weighted by Gasteiger charge is 2.27. The molecule has 0 bridgehead atoms. The number of hydrogen-bond donors (Lipinski definition) is 1. The van der Waals surface area contributed by atoms with Gasteiger partial charge in [-0.05, 0) is 18.6 Å². The van der Waals surface area contributed by atoms with Gasteiger partial charge >= 0.3 is 0 Å². The number of benzene rings is 1. The van der Waals surface area contributed by atoms with E-state index in [1.807, 2.05) is 20.8 Å². The number of phenolic OH excluding ortho intramolecular Hbond substituents is 1. The summed E-state index contributed by atoms with van der Waals surface area (Å²) in [5, 5.41) is 18.7. The molecule has 1 aliphatic rings. The Morgan fingerprint density at radius 1 is 1.26 bits per heavy atom. The molecule has 0 atom stereocenters. The van der Waals surface area contributed by atoms with Gasteiger partial charge in [-0.3, -0.25) is 0 Å². The summed E-state index contributed by atoms with van der Waals surface area (Å²) in [6.07, 6.45) is 0.695. The highest BCUT2D eigenvalue weighted by atomic mass is 35.5. The number of aromatic nitrogens is 3. The zero-order valence-electron chi connectivity index (χ0n) is 12.9. The minimum atomic E-state index is -0.154. The summed E-state index contributed by atoms with van der Waals surface area (Å²) in [5.74, 6) is 1.37. The number of aromatic hydroxyl groups is 1. The summed E-state index contributed by atoms with van der Waals surface area (Å²) in [6.45, 7) is 6.03. The van der Waals surface area contributed by atoms with E-state index in [2.05, 4.69) is 20.2 Å². The number of nitrogens with zero attached hydrogens (tertiary/aromatic N) is 5. The first-order valence-corrected chi connectivity index (χ1v) is 7.98. The summed E-state index contributed by atoms with van der Waals surface area (Å²) in [7, 11) is 0. The fourth-order valence-electron chi connectivity index (χ4n) is 2.17. The number of halogens is 2. The van der Waals surface area contributed by atoms with Gasteiger partial charge in [-0.1, -0.05) is 44.0 Å². The first-order valence-electron chi connectivity index (χ1n) is 7.23. The van der Waals surface area contributed by atoms with Gasteiger partial charge in [-0.15, -0.1) is 9.89 Å². The van der Waals surface area contributed by atoms with Crippen LogP contribution in [0.5, 0.6) is 5.75 Å². The van der Waals surface area contributed by atoms with E-state index in [0.29, 0.717) is 29.5 Å². The van der Waals surface area contributed by atoms with E-state index in [-0.39, 0.29) is 21.7 Å². The standard InChI is InChI=1S/C15H15Cl2N5O/c1-4-11-12(15-19-14(7(2)3)21-22(15)20-11)18-8-5-9(16)13(23)10(17)6-8/h5-7,23H,4H2,1-3H3. The molecule has 0 spiro atoms. The van der Waals surface area contributed by atoms with Gasteiger partial charge in [-0.2, -0.15) is 5.10 Å². The Morgan fingerprint density at radius 2 is 1.91 bits per heavy atom. The SMILES string of the molecule is CCC1=Nn2nc(C(C)C)nc2C1=Nc1cc(Cl)c(O)c(Cl)c1. The topological polar surface area (TPSA) is 75.7 Å². The molecule has 1 N–H and O–H groups in total. The summed E-state index contributed by atoms with van der Waals surface area (Å²) in [4.78, 5) is 10.6. The van der Waals surface area contributed by atoms with Crippen molar-refractivity contribution >= 4 is 40.3 Å². The van der Waals surface area contributed by atoms with E-state index in [1.165, 1.54) is 4.79 Å². The van der Waals surface area contributed by atoms with E-state index < -0.39 is 0 Å². The molecule has 2 heterocycles. The van der Waals surface area contributed by atoms with E-state index in [9.17, 15) is 5.11 Å². The lowest BCUT2D eigenvalue weighted by molar-refractivity contribution is 0.476. The Morgan fingerprint density at radius 3 is 2.48 bits per heavy atom. The maximum Gasteiger partial charge on any atom is 0.204 e. The number of hydrogen-bond acceptors (Lipinski definition) is 5. The van der Waals surface area contributed by atoms with Crippen LogP contribution >= 0.6 is 23.2 Å². The highest BCUT2D eigenvalue weighted by Crippen LogP contribution is 2.36. The molecular weight excluding hydrogens is 337 g/mol. The fourth-order valence-corrected chi connectivity index (χ4v) is 2.65. The van der Waals surface area contributed by atoms with Gasteiger partial charge in [0.05, 0.1) is 21.4 Å². The average Bonchev–Trinajstić information content (AvgIpc) is 3.04. The minimum absolute atomic E-state index is 0.147. The second-order valence-corrected chi connectivity index (χ2v) is 6.27. The second kappa shape index (κ2) is 5.94. The number of phenols is 1. The Hall–Kier alpha value is -1.92. The predicted molar refractivity (Wildman–Crippen MR) is 91.6 cm³/mol. The lowest BCUT2D eigenvalue weighted by atomic mass is 10.1. The normalized spacial score (nSPS) is 15.4. The third-order valence-corrected chi connectivity index (χ3v) is 3.98. The van der Waals surface area contributed by atoms with Crippen molar-refractivity contribution in [1.29, 1.82) is 0 Å². The molecule has 2 aromatic rings. The van der Waals surface area contributed by atoms with Crippen molar-refractivity contribution in [2.75, 3.05) is 0 Å². The zero-order valence-corrected chi connectivity index (χ0v) is 14.4. The van der Waals surface area contributed by atoms with Gasteiger partial charge in [0.15, 0.2) is 11.6 Å². The molecule has 23 heavy (non-hydrogen) atoms. The monoisotopic (exact) mass is 351 g/mol. The molecule has 0 fully saturated rings. The van der Waals surface area contributed by atoms with Crippen LogP contribution in [0.1, 0.15) is 44.8 Å². The predicted octanol–water partition coefficient (Wildman–Crippen LogP) is 4.16. The van der Waals surface area contributed by atoms with Crippen molar-refractivity contribution in [2.45, 2.75) is 33.1 Å². The quantitative estimate of drug-likeness (QED) is 0.901. The molecule has 0 saturated carbocycles. The molecule has 0 amide bonds. The molecule has 0 aliphatic carbocycles. The Kier molecular flexibility index (Phi) is 4.12. The number of aliphatic imine (C=N–C) groups is 1. The maximum atomic E-state index is 9.65. The van der Waals surface area contributed by atoms with Gasteiger partial charge < -0.3 is 5.11 Å². The molecule has 0 unspecified atom stereocenters. The van der Waals surface area contributed by atoms with E-state index >= 15 is 0 Å². The van der Waals surface area contributed by atoms with Crippen LogP contribution in [-0.4, -0.2) is 31.4 Å². The van der Waals surface area contributed by atoms with E-state index in [1.54, 1.807) is 12.1 Å². The van der Waals surface area contributed by atoms with Crippen molar-refractivity contribution < 1.29 is 5.11 Å². The van der Waals surface area contributed by atoms with E-state index in [4.69, 9.17) is 23.2 Å². The van der Waals surface area contributed by atoms with Crippen LogP contribution in [-0.2, 0) is 0 Å². The minimum Gasteiger partial charge on any atom is -0.505 e. The summed E-state index contributed by atoms with van der Waals surface area (Å²) in [6, 6.07) is 3.09. The number of fused-ring (bicyclic) bond motifs is 1. The maximum absolute atomic E-state index is 9.65. The molecule has 0 saturated heterocycles. The van der Waals surface area contributed by atoms with Gasteiger partial charge in [-0.25, -0.2) is 9.98 Å². The molecule has 6 nitrogen and oxygen atoms in total. The van der Waals surface area contributed by atoms with Crippen molar-refractivity contribution in [3.63, 3.8) is 0 Å². The lowest BCUT2D eigenvalue weighted by Gasteiger charge is -2.03. The van der Waals surface area contributed by atoms with Crippen molar-refractivity contribution in [1.82, 2.24) is 14.9 Å². The molecule has 8 heteroatoms. The van der Waals surface area contributed by atoms with Gasteiger partial charge in [0, 0.05) is 5.92 Å². The van der Waals surface area contributed by atoms with Crippen LogP contribution in [0.25, 0.3) is 0 Å². The first-order chi connectivity index (χ1) is 10.9. The molecule has 3 rings (SSSR count). The third-order valence-electron chi connectivity index (χ3n) is 3.40. The van der Waals surface area contributed by atoms with Gasteiger partial charge in [0.25, 0.3) is 0 Å². The second-order valence-electron chi connectivity index (χ2n) is 5.46. The molecule has 0 radical (unpaired) electrons. The first kappa shape index (κ1) is 16.0. The van der Waals surface area contributed by atoms with Crippen molar-refractivity contribution in [3.8, 4) is 5.75 Å². The molecule has 1 aromatic heterocycles. The Balaban J connectivity index is 2.10. The fraction of sp³-hybridized carbons (Fsp3) is 0.333. The molecule has 1 aliphatic heterocycles. The Bertz CT molecular complexity index is 815. The van der Waals surface area contributed by atoms with Crippen LogP contribution in [0.2, 0.25) is 10.0 Å². The highest BCUT2D eigenvalue weighted by molar-refractivity contribution is 6.49. The summed E-state index contributed by atoms with van der Waals surface area (Å²) in [5.41, 5.74) is 1.96. The van der Waals surface area contributed by atoms with Crippen LogP contribution in [0.4, 0.5) is 5.69 Å². The smallest absolute Gasteiger partial charge is 0.204 e. The summed E-state index contributed by atoms with van der Waals surface area (Å²) < 4.78 is 0. The van der Waals surface area contributed by atoms with Gasteiger partial charge in [0.2, 0.25) is 5.82 Å². The average molecular weight is 352 g/mol. The summed E-state index contributed by atoms with van der Waals surface area (Å²) >= 11 is 11.9. The van der Waals surface area contributed by atoms with E-state index in [0.717, 1.165) is 5.71 Å². The molecule has 120 valence electrons. The van der Waals surface area contributed by atoms with Crippen molar-refractivity contribution in [2.24, 2.45) is 10.1 Å². The van der Waals surface area contributed by atoms with Crippen LogP contribution < -0.4 is 0 Å². The molecular formula is C15H15Cl2N5O. The van der Waals surface area contributed by atoms with Crippen LogP contribution in [0.15, 0.2) is 22.2 Å². The molecule has 1 aromatic carbocycles. The van der Waals surface area contributed by atoms with Gasteiger partial charge in [0.1, 0.15) is 5.71 Å². The van der Waals surface area contributed by atoms with Crippen molar-refractivity contribution in [3.05, 3.63) is 33.8 Å². The lowest BCUT2D eigenvalue weighted by Crippen LogP contribution is -2.11. The third kappa shape index (κ3) is 2.84. The number of rotatable bonds is 3. The zero-order chi connectivity index (χ0) is 16.7. The van der Waals surface area contributed by atoms with Crippen LogP contribution in [0.3, 0.4) is 0 Å². The largest absolute Gasteiger partial charge is 0.505 e. The Labute approximate surface area is 143 Å².